The fourth-order valence-electron chi connectivity index (χ4n) is 1.34. The zero-order valence-electron chi connectivity index (χ0n) is 9.25. The minimum Gasteiger partial charge on any atom is -0.321 e. The summed E-state index contributed by atoms with van der Waals surface area (Å²) in [5, 5.41) is 3.58. The van der Waals surface area contributed by atoms with Crippen molar-refractivity contribution in [3.05, 3.63) is 56.2 Å². The number of rotatable bonds is 2. The summed E-state index contributed by atoms with van der Waals surface area (Å²) in [7, 11) is 0. The molecule has 0 atom stereocenters. The van der Waals surface area contributed by atoms with Gasteiger partial charge in [0.1, 0.15) is 5.15 Å². The van der Waals surface area contributed by atoms with Crippen LogP contribution in [0.2, 0.25) is 20.2 Å². The number of benzene rings is 1. The van der Waals surface area contributed by atoms with E-state index in [1.54, 1.807) is 18.2 Å². The van der Waals surface area contributed by atoms with Gasteiger partial charge < -0.3 is 5.32 Å². The van der Waals surface area contributed by atoms with Gasteiger partial charge >= 0.3 is 0 Å². The number of carbonyl (C=O) groups is 1. The molecule has 1 aromatic carbocycles. The molecule has 0 spiro atoms. The molecule has 7 heteroatoms. The summed E-state index contributed by atoms with van der Waals surface area (Å²) in [5.41, 5.74) is 0.677. The van der Waals surface area contributed by atoms with Crippen LogP contribution in [0.15, 0.2) is 30.5 Å². The molecular weight excluding hydrogens is 330 g/mol. The van der Waals surface area contributed by atoms with Gasteiger partial charge in [0.25, 0.3) is 5.91 Å². The molecule has 1 heterocycles. The SMILES string of the molecule is O=C(Nc1cccc(Cl)c1Cl)c1cnc(Cl)c(Cl)c1. The summed E-state index contributed by atoms with van der Waals surface area (Å²) in [6, 6.07) is 6.36. The minimum absolute atomic E-state index is 0.138. The van der Waals surface area contributed by atoms with Gasteiger partial charge in [0, 0.05) is 6.20 Å². The number of carbonyl (C=O) groups excluding carboxylic acids is 1. The second-order valence-corrected chi connectivity index (χ2v) is 5.10. The Kier molecular flexibility index (Phi) is 4.53. The lowest BCUT2D eigenvalue weighted by molar-refractivity contribution is 0.102. The van der Waals surface area contributed by atoms with E-state index in [1.807, 2.05) is 0 Å². The molecule has 0 saturated heterocycles. The van der Waals surface area contributed by atoms with E-state index in [2.05, 4.69) is 10.3 Å². The van der Waals surface area contributed by atoms with Crippen LogP contribution in [0.5, 0.6) is 0 Å². The van der Waals surface area contributed by atoms with E-state index in [9.17, 15) is 4.79 Å². The van der Waals surface area contributed by atoms with Crippen LogP contribution >= 0.6 is 46.4 Å². The molecule has 2 rings (SSSR count). The monoisotopic (exact) mass is 334 g/mol. The van der Waals surface area contributed by atoms with Crippen molar-refractivity contribution in [2.24, 2.45) is 0 Å². The summed E-state index contributed by atoms with van der Waals surface area (Å²) in [5.74, 6) is -0.407. The molecule has 0 aliphatic heterocycles. The molecule has 0 aliphatic rings. The van der Waals surface area contributed by atoms with Gasteiger partial charge in [0.15, 0.2) is 0 Å². The Bertz CT molecular complexity index is 646. The number of halogens is 4. The van der Waals surface area contributed by atoms with Gasteiger partial charge in [0.2, 0.25) is 0 Å². The fourth-order valence-corrected chi connectivity index (χ4v) is 1.96. The average molecular weight is 336 g/mol. The van der Waals surface area contributed by atoms with Crippen LogP contribution in [-0.2, 0) is 0 Å². The number of aromatic nitrogens is 1. The Morgan fingerprint density at radius 1 is 1.11 bits per heavy atom. The molecule has 19 heavy (non-hydrogen) atoms. The first kappa shape index (κ1) is 14.4. The van der Waals surface area contributed by atoms with Crippen molar-refractivity contribution in [2.75, 3.05) is 5.32 Å². The average Bonchev–Trinajstić information content (AvgIpc) is 2.38. The molecule has 0 unspecified atom stereocenters. The molecule has 98 valence electrons. The molecule has 2 aromatic rings. The van der Waals surface area contributed by atoms with Gasteiger partial charge in [-0.25, -0.2) is 4.98 Å². The number of pyridine rings is 1. The van der Waals surface area contributed by atoms with Gasteiger partial charge in [-0.05, 0) is 18.2 Å². The number of amides is 1. The fraction of sp³-hybridized carbons (Fsp3) is 0. The zero-order valence-corrected chi connectivity index (χ0v) is 12.3. The first-order valence-corrected chi connectivity index (χ1v) is 6.56. The lowest BCUT2D eigenvalue weighted by Crippen LogP contribution is -2.12. The molecule has 3 nitrogen and oxygen atoms in total. The van der Waals surface area contributed by atoms with Crippen LogP contribution in [0.1, 0.15) is 10.4 Å². The van der Waals surface area contributed by atoms with Crippen LogP contribution in [-0.4, -0.2) is 10.9 Å². The highest BCUT2D eigenvalue weighted by molar-refractivity contribution is 6.44. The van der Waals surface area contributed by atoms with Crippen LogP contribution in [0.3, 0.4) is 0 Å². The largest absolute Gasteiger partial charge is 0.321 e. The van der Waals surface area contributed by atoms with Crippen molar-refractivity contribution >= 4 is 58.0 Å². The predicted molar refractivity (Wildman–Crippen MR) is 78.7 cm³/mol. The second-order valence-electron chi connectivity index (χ2n) is 3.55. The smallest absolute Gasteiger partial charge is 0.257 e. The van der Waals surface area contributed by atoms with Crippen molar-refractivity contribution in [2.45, 2.75) is 0 Å². The quantitative estimate of drug-likeness (QED) is 0.789. The standard InChI is InChI=1S/C12H6Cl4N2O/c13-7-2-1-3-9(10(7)15)18-12(19)6-4-8(14)11(16)17-5-6/h1-5H,(H,18,19). The Hall–Kier alpha value is -1.000. The predicted octanol–water partition coefficient (Wildman–Crippen LogP) is 4.95. The number of anilines is 1. The molecule has 0 radical (unpaired) electrons. The lowest BCUT2D eigenvalue weighted by Gasteiger charge is -2.08. The molecule has 0 aliphatic carbocycles. The lowest BCUT2D eigenvalue weighted by atomic mass is 10.2. The molecular formula is C12H6Cl4N2O. The number of hydrogen-bond donors (Lipinski definition) is 1. The van der Waals surface area contributed by atoms with E-state index in [0.29, 0.717) is 10.7 Å². The Morgan fingerprint density at radius 2 is 1.84 bits per heavy atom. The van der Waals surface area contributed by atoms with Crippen molar-refractivity contribution in [1.29, 1.82) is 0 Å². The highest BCUT2D eigenvalue weighted by Crippen LogP contribution is 2.30. The third-order valence-electron chi connectivity index (χ3n) is 2.26. The summed E-state index contributed by atoms with van der Waals surface area (Å²) in [6.07, 6.45) is 1.32. The summed E-state index contributed by atoms with van der Waals surface area (Å²) in [4.78, 5) is 15.8. The minimum atomic E-state index is -0.407. The Balaban J connectivity index is 2.26. The highest BCUT2D eigenvalue weighted by atomic mass is 35.5. The molecule has 1 N–H and O–H groups in total. The summed E-state index contributed by atoms with van der Waals surface area (Å²) in [6.45, 7) is 0. The summed E-state index contributed by atoms with van der Waals surface area (Å²) >= 11 is 23.3. The number of nitrogens with one attached hydrogen (secondary N) is 1. The van der Waals surface area contributed by atoms with E-state index >= 15 is 0 Å². The van der Waals surface area contributed by atoms with Crippen LogP contribution < -0.4 is 5.32 Å². The van der Waals surface area contributed by atoms with Crippen molar-refractivity contribution in [3.8, 4) is 0 Å². The topological polar surface area (TPSA) is 42.0 Å². The van der Waals surface area contributed by atoms with Crippen LogP contribution in [0, 0.1) is 0 Å². The van der Waals surface area contributed by atoms with Crippen molar-refractivity contribution in [1.82, 2.24) is 4.98 Å². The second kappa shape index (κ2) is 5.97. The first-order chi connectivity index (χ1) is 8.99. The molecule has 0 fully saturated rings. The van der Waals surface area contributed by atoms with Crippen molar-refractivity contribution < 1.29 is 4.79 Å². The third-order valence-corrected chi connectivity index (χ3v) is 3.76. The van der Waals surface area contributed by atoms with Gasteiger partial charge in [0.05, 0.1) is 26.3 Å². The van der Waals surface area contributed by atoms with Gasteiger partial charge in [-0.1, -0.05) is 52.5 Å². The maximum absolute atomic E-state index is 12.0. The van der Waals surface area contributed by atoms with Gasteiger partial charge in [-0.3, -0.25) is 4.79 Å². The van der Waals surface area contributed by atoms with E-state index < -0.39 is 5.91 Å². The maximum Gasteiger partial charge on any atom is 0.257 e. The van der Waals surface area contributed by atoms with Gasteiger partial charge in [-0.2, -0.15) is 0 Å². The number of hydrogen-bond acceptors (Lipinski definition) is 2. The third kappa shape index (κ3) is 3.31. The molecule has 1 aromatic heterocycles. The zero-order chi connectivity index (χ0) is 14.0. The van der Waals surface area contributed by atoms with Gasteiger partial charge in [-0.15, -0.1) is 0 Å². The molecule has 0 saturated carbocycles. The molecule has 1 amide bonds. The Labute approximate surface area is 129 Å². The van der Waals surface area contributed by atoms with E-state index in [-0.39, 0.29) is 20.8 Å². The van der Waals surface area contributed by atoms with E-state index in [1.165, 1.54) is 12.3 Å². The van der Waals surface area contributed by atoms with E-state index in [4.69, 9.17) is 46.4 Å². The normalized spacial score (nSPS) is 10.3. The van der Waals surface area contributed by atoms with Crippen LogP contribution in [0.25, 0.3) is 0 Å². The first-order valence-electron chi connectivity index (χ1n) is 5.05. The Morgan fingerprint density at radius 3 is 2.53 bits per heavy atom. The summed E-state index contributed by atoms with van der Waals surface area (Å²) < 4.78 is 0. The van der Waals surface area contributed by atoms with Crippen LogP contribution in [0.4, 0.5) is 5.69 Å². The molecule has 0 bridgehead atoms. The van der Waals surface area contributed by atoms with E-state index in [0.717, 1.165) is 0 Å². The maximum atomic E-state index is 12.0. The number of nitrogens with zero attached hydrogens (tertiary/aromatic N) is 1. The highest BCUT2D eigenvalue weighted by Gasteiger charge is 2.12. The van der Waals surface area contributed by atoms with Crippen molar-refractivity contribution in [3.63, 3.8) is 0 Å².